The number of amides is 3. The number of aromatic amines is 1. The highest BCUT2D eigenvalue weighted by Crippen LogP contribution is 2.20. The summed E-state index contributed by atoms with van der Waals surface area (Å²) >= 11 is 0. The van der Waals surface area contributed by atoms with E-state index >= 15 is 0 Å². The molecule has 1 aliphatic carbocycles. The van der Waals surface area contributed by atoms with Gasteiger partial charge in [0, 0.05) is 29.6 Å². The van der Waals surface area contributed by atoms with Gasteiger partial charge in [-0.3, -0.25) is 14.9 Å². The van der Waals surface area contributed by atoms with Gasteiger partial charge in [0.15, 0.2) is 6.10 Å². The van der Waals surface area contributed by atoms with Crippen molar-refractivity contribution in [1.82, 2.24) is 15.6 Å². The Kier molecular flexibility index (Phi) is 5.55. The van der Waals surface area contributed by atoms with Crippen LogP contribution < -0.4 is 10.6 Å². The smallest absolute Gasteiger partial charge is 0.321 e. The van der Waals surface area contributed by atoms with Crippen LogP contribution in [0.1, 0.15) is 38.2 Å². The largest absolute Gasteiger partial charge is 0.453 e. The van der Waals surface area contributed by atoms with Crippen LogP contribution in [0, 0.1) is 0 Å². The number of benzene rings is 1. The maximum absolute atomic E-state index is 11.9. The van der Waals surface area contributed by atoms with E-state index in [1.165, 1.54) is 6.92 Å². The topological polar surface area (TPSA) is 100 Å². The van der Waals surface area contributed by atoms with Crippen molar-refractivity contribution in [3.63, 3.8) is 0 Å². The lowest BCUT2D eigenvalue weighted by atomic mass is 10.1. The molecule has 138 valence electrons. The number of ether oxygens (including phenoxy) is 1. The lowest BCUT2D eigenvalue weighted by Gasteiger charge is -2.13. The first-order valence-electron chi connectivity index (χ1n) is 8.89. The normalized spacial score (nSPS) is 14.7. The number of carbonyl (C=O) groups excluding carboxylic acids is 3. The van der Waals surface area contributed by atoms with Gasteiger partial charge in [-0.15, -0.1) is 0 Å². The third-order valence-electron chi connectivity index (χ3n) is 4.33. The van der Waals surface area contributed by atoms with Crippen LogP contribution in [0.15, 0.2) is 30.5 Å². The highest BCUT2D eigenvalue weighted by atomic mass is 16.5. The summed E-state index contributed by atoms with van der Waals surface area (Å²) < 4.78 is 5.10. The number of hydrogen-bond donors (Lipinski definition) is 3. The SMILES string of the molecule is CC(OC(=O)CCCc1c[nH]c2ccccc12)C(=O)NC(=O)NC1CC1. The summed E-state index contributed by atoms with van der Waals surface area (Å²) in [6.07, 6.45) is 4.39. The van der Waals surface area contributed by atoms with Crippen molar-refractivity contribution in [3.8, 4) is 0 Å². The van der Waals surface area contributed by atoms with E-state index in [1.54, 1.807) is 0 Å². The lowest BCUT2D eigenvalue weighted by Crippen LogP contribution is -2.45. The molecule has 1 aromatic heterocycles. The Morgan fingerprint density at radius 2 is 2.04 bits per heavy atom. The van der Waals surface area contributed by atoms with E-state index in [9.17, 15) is 14.4 Å². The first kappa shape index (κ1) is 18.0. The van der Waals surface area contributed by atoms with Gasteiger partial charge in [0.2, 0.25) is 0 Å². The average Bonchev–Trinajstić information content (AvgIpc) is 3.32. The van der Waals surface area contributed by atoms with E-state index in [0.717, 1.165) is 35.7 Å². The van der Waals surface area contributed by atoms with Crippen molar-refractivity contribution in [3.05, 3.63) is 36.0 Å². The zero-order valence-electron chi connectivity index (χ0n) is 14.7. The van der Waals surface area contributed by atoms with Crippen LogP contribution in [0.25, 0.3) is 10.9 Å². The molecule has 1 saturated carbocycles. The Bertz CT molecular complexity index is 810. The Morgan fingerprint density at radius 1 is 1.27 bits per heavy atom. The van der Waals surface area contributed by atoms with Crippen LogP contribution in [-0.4, -0.2) is 35.0 Å². The van der Waals surface area contributed by atoms with Gasteiger partial charge in [0.05, 0.1) is 0 Å². The highest BCUT2D eigenvalue weighted by Gasteiger charge is 2.25. The lowest BCUT2D eigenvalue weighted by molar-refractivity contribution is -0.154. The summed E-state index contributed by atoms with van der Waals surface area (Å²) in [6, 6.07) is 7.61. The van der Waals surface area contributed by atoms with Crippen molar-refractivity contribution in [2.24, 2.45) is 0 Å². The highest BCUT2D eigenvalue weighted by molar-refractivity contribution is 5.97. The molecule has 1 fully saturated rings. The number of hydrogen-bond acceptors (Lipinski definition) is 4. The second kappa shape index (κ2) is 8.03. The summed E-state index contributed by atoms with van der Waals surface area (Å²) in [5.74, 6) is -1.07. The number of rotatable bonds is 7. The number of esters is 1. The Hall–Kier alpha value is -2.83. The number of aromatic nitrogens is 1. The quantitative estimate of drug-likeness (QED) is 0.663. The molecule has 0 bridgehead atoms. The fourth-order valence-corrected chi connectivity index (χ4v) is 2.73. The molecule has 3 rings (SSSR count). The number of H-pyrrole nitrogens is 1. The number of urea groups is 1. The molecule has 2 aromatic rings. The molecule has 0 radical (unpaired) electrons. The van der Waals surface area contributed by atoms with Crippen molar-refractivity contribution in [2.45, 2.75) is 51.2 Å². The average molecular weight is 357 g/mol. The Labute approximate surface area is 151 Å². The number of para-hydroxylation sites is 1. The molecule has 0 spiro atoms. The minimum atomic E-state index is -0.999. The van der Waals surface area contributed by atoms with Crippen molar-refractivity contribution in [1.29, 1.82) is 0 Å². The maximum atomic E-state index is 11.9. The molecule has 1 heterocycles. The summed E-state index contributed by atoms with van der Waals surface area (Å²) in [5.41, 5.74) is 2.22. The molecule has 1 aromatic carbocycles. The van der Waals surface area contributed by atoms with Crippen molar-refractivity contribution in [2.75, 3.05) is 0 Å². The van der Waals surface area contributed by atoms with Gasteiger partial charge in [-0.1, -0.05) is 18.2 Å². The van der Waals surface area contributed by atoms with Gasteiger partial charge < -0.3 is 15.0 Å². The zero-order chi connectivity index (χ0) is 18.5. The molecule has 3 amide bonds. The minimum absolute atomic E-state index is 0.158. The van der Waals surface area contributed by atoms with E-state index in [-0.39, 0.29) is 12.5 Å². The number of aryl methyl sites for hydroxylation is 1. The first-order valence-corrected chi connectivity index (χ1v) is 8.89. The molecule has 3 N–H and O–H groups in total. The molecule has 1 atom stereocenters. The van der Waals surface area contributed by atoms with E-state index < -0.39 is 24.0 Å². The van der Waals surface area contributed by atoms with Gasteiger partial charge in [-0.2, -0.15) is 0 Å². The molecule has 7 nitrogen and oxygen atoms in total. The van der Waals surface area contributed by atoms with Crippen LogP contribution in [0.2, 0.25) is 0 Å². The van der Waals surface area contributed by atoms with Crippen LogP contribution >= 0.6 is 0 Å². The van der Waals surface area contributed by atoms with E-state index in [1.807, 2.05) is 30.5 Å². The molecule has 7 heteroatoms. The Balaban J connectivity index is 1.39. The molecule has 1 unspecified atom stereocenters. The number of carbonyl (C=O) groups is 3. The Morgan fingerprint density at radius 3 is 2.81 bits per heavy atom. The predicted octanol–water partition coefficient (Wildman–Crippen LogP) is 2.41. The van der Waals surface area contributed by atoms with Crippen LogP contribution in [0.3, 0.4) is 0 Å². The maximum Gasteiger partial charge on any atom is 0.321 e. The standard InChI is InChI=1S/C19H23N3O4/c1-12(18(24)22-19(25)21-14-9-10-14)26-17(23)8-4-5-13-11-20-16-7-3-2-6-15(13)16/h2-3,6-7,11-12,14,20H,4-5,8-10H2,1H3,(H2,21,22,24,25). The van der Waals surface area contributed by atoms with Gasteiger partial charge in [0.1, 0.15) is 0 Å². The van der Waals surface area contributed by atoms with Crippen LogP contribution in [0.5, 0.6) is 0 Å². The van der Waals surface area contributed by atoms with E-state index in [2.05, 4.69) is 15.6 Å². The van der Waals surface area contributed by atoms with Gasteiger partial charge in [0.25, 0.3) is 5.91 Å². The van der Waals surface area contributed by atoms with Crippen LogP contribution in [0.4, 0.5) is 4.79 Å². The predicted molar refractivity (Wildman–Crippen MR) is 96.5 cm³/mol. The fraction of sp³-hybridized carbons (Fsp3) is 0.421. The summed E-state index contributed by atoms with van der Waals surface area (Å²) in [5, 5.41) is 5.98. The number of fused-ring (bicyclic) bond motifs is 1. The van der Waals surface area contributed by atoms with Crippen molar-refractivity contribution < 1.29 is 19.1 Å². The molecular weight excluding hydrogens is 334 g/mol. The minimum Gasteiger partial charge on any atom is -0.453 e. The van der Waals surface area contributed by atoms with E-state index in [0.29, 0.717) is 6.42 Å². The summed E-state index contributed by atoms with van der Waals surface area (Å²) in [6.45, 7) is 1.46. The first-order chi connectivity index (χ1) is 12.5. The summed E-state index contributed by atoms with van der Waals surface area (Å²) in [7, 11) is 0. The molecule has 26 heavy (non-hydrogen) atoms. The second-order valence-corrected chi connectivity index (χ2v) is 6.58. The number of nitrogens with one attached hydrogen (secondary N) is 3. The monoisotopic (exact) mass is 357 g/mol. The number of imide groups is 1. The molecular formula is C19H23N3O4. The zero-order valence-corrected chi connectivity index (χ0v) is 14.7. The second-order valence-electron chi connectivity index (χ2n) is 6.58. The third kappa shape index (κ3) is 4.84. The van der Waals surface area contributed by atoms with Gasteiger partial charge in [-0.05, 0) is 44.2 Å². The van der Waals surface area contributed by atoms with Crippen LogP contribution in [-0.2, 0) is 20.7 Å². The molecule has 0 saturated heterocycles. The fourth-order valence-electron chi connectivity index (χ4n) is 2.73. The van der Waals surface area contributed by atoms with Gasteiger partial charge >= 0.3 is 12.0 Å². The third-order valence-corrected chi connectivity index (χ3v) is 4.33. The van der Waals surface area contributed by atoms with E-state index in [4.69, 9.17) is 4.74 Å². The molecule has 1 aliphatic rings. The molecule has 0 aliphatic heterocycles. The van der Waals surface area contributed by atoms with Gasteiger partial charge in [-0.25, -0.2) is 4.79 Å². The summed E-state index contributed by atoms with van der Waals surface area (Å²) in [4.78, 5) is 38.5. The van der Waals surface area contributed by atoms with Crippen molar-refractivity contribution >= 4 is 28.8 Å².